The summed E-state index contributed by atoms with van der Waals surface area (Å²) in [7, 11) is 0. The van der Waals surface area contributed by atoms with E-state index >= 15 is 0 Å². The van der Waals surface area contributed by atoms with Crippen molar-refractivity contribution >= 4 is 5.91 Å². The van der Waals surface area contributed by atoms with Gasteiger partial charge in [-0.3, -0.25) is 9.69 Å². The molecule has 0 aliphatic carbocycles. The summed E-state index contributed by atoms with van der Waals surface area (Å²) in [6.45, 7) is 9.45. The number of carbonyl (C=O) groups is 1. The lowest BCUT2D eigenvalue weighted by Gasteiger charge is -2.43. The van der Waals surface area contributed by atoms with E-state index in [0.717, 1.165) is 44.6 Å². The van der Waals surface area contributed by atoms with Crippen LogP contribution < -0.4 is 0 Å². The minimum Gasteiger partial charge on any atom is -0.396 e. The molecule has 2 rings (SSSR count). The van der Waals surface area contributed by atoms with Crippen molar-refractivity contribution in [1.29, 1.82) is 0 Å². The number of likely N-dealkylation sites (tertiary alicyclic amines) is 1. The summed E-state index contributed by atoms with van der Waals surface area (Å²) < 4.78 is 0. The Kier molecular flexibility index (Phi) is 6.19. The van der Waals surface area contributed by atoms with Crippen molar-refractivity contribution in [1.82, 2.24) is 9.80 Å². The normalized spacial score (nSPS) is 23.5. The number of piperidine rings is 1. The molecule has 0 spiro atoms. The highest BCUT2D eigenvalue weighted by Gasteiger charge is 2.37. The number of nitrogens with zero attached hydrogens (tertiary/aromatic N) is 2. The van der Waals surface area contributed by atoms with Crippen molar-refractivity contribution in [2.24, 2.45) is 5.41 Å². The van der Waals surface area contributed by atoms with E-state index in [1.165, 1.54) is 0 Å². The topological polar surface area (TPSA) is 43.8 Å². The largest absolute Gasteiger partial charge is 0.396 e. The molecule has 1 aromatic carbocycles. The molecule has 1 aromatic rings. The lowest BCUT2D eigenvalue weighted by molar-refractivity contribution is -0.138. The molecule has 23 heavy (non-hydrogen) atoms. The molecule has 0 saturated carbocycles. The second-order valence-corrected chi connectivity index (χ2v) is 6.87. The first kappa shape index (κ1) is 18.0. The van der Waals surface area contributed by atoms with Crippen LogP contribution in [0.25, 0.3) is 0 Å². The highest BCUT2D eigenvalue weighted by atomic mass is 16.3. The smallest absolute Gasteiger partial charge is 0.244 e. The average Bonchev–Trinajstić information content (AvgIpc) is 2.57. The number of likely N-dealkylation sites (N-methyl/N-ethyl adjacent to an activating group) is 1. The van der Waals surface area contributed by atoms with Crippen LogP contribution in [0.4, 0.5) is 0 Å². The summed E-state index contributed by atoms with van der Waals surface area (Å²) in [4.78, 5) is 17.3. The molecule has 2 unspecified atom stereocenters. The number of carbonyl (C=O) groups excluding carboxylic acids is 1. The first-order valence-corrected chi connectivity index (χ1v) is 8.73. The molecule has 1 heterocycles. The number of hydrogen-bond donors (Lipinski definition) is 1. The third-order valence-corrected chi connectivity index (χ3v) is 4.98. The van der Waals surface area contributed by atoms with E-state index in [1.54, 1.807) is 0 Å². The van der Waals surface area contributed by atoms with E-state index in [2.05, 4.69) is 11.8 Å². The predicted octanol–water partition coefficient (Wildman–Crippen LogP) is 2.69. The number of hydrogen-bond acceptors (Lipinski definition) is 3. The quantitative estimate of drug-likeness (QED) is 0.877. The summed E-state index contributed by atoms with van der Waals surface area (Å²) in [5, 5.41) is 9.74. The number of aliphatic hydroxyl groups is 1. The SMILES string of the molecule is CCN(CC)C(=O)C(c1ccccc1)N1CCCC(C)(CO)C1. The zero-order valence-electron chi connectivity index (χ0n) is 14.7. The molecule has 1 aliphatic heterocycles. The molecule has 0 bridgehead atoms. The Labute approximate surface area is 140 Å². The van der Waals surface area contributed by atoms with Gasteiger partial charge >= 0.3 is 0 Å². The molecule has 1 saturated heterocycles. The zero-order chi connectivity index (χ0) is 16.9. The fourth-order valence-corrected chi connectivity index (χ4v) is 3.56. The van der Waals surface area contributed by atoms with E-state index in [-0.39, 0.29) is 24.0 Å². The summed E-state index contributed by atoms with van der Waals surface area (Å²) in [5.41, 5.74) is 0.932. The number of benzene rings is 1. The second kappa shape index (κ2) is 7.93. The average molecular weight is 318 g/mol. The van der Waals surface area contributed by atoms with Gasteiger partial charge in [0.05, 0.1) is 0 Å². The van der Waals surface area contributed by atoms with Gasteiger partial charge in [-0.2, -0.15) is 0 Å². The van der Waals surface area contributed by atoms with Crippen molar-refractivity contribution in [3.05, 3.63) is 35.9 Å². The molecule has 2 atom stereocenters. The van der Waals surface area contributed by atoms with Crippen molar-refractivity contribution in [2.45, 2.75) is 39.7 Å². The summed E-state index contributed by atoms with van der Waals surface area (Å²) in [6.07, 6.45) is 2.03. The molecule has 0 radical (unpaired) electrons. The van der Waals surface area contributed by atoms with Gasteiger partial charge in [0.25, 0.3) is 0 Å². The van der Waals surface area contributed by atoms with E-state index in [9.17, 15) is 9.90 Å². The fraction of sp³-hybridized carbons (Fsp3) is 0.632. The van der Waals surface area contributed by atoms with Crippen LogP contribution in [0.5, 0.6) is 0 Å². The fourth-order valence-electron chi connectivity index (χ4n) is 3.56. The van der Waals surface area contributed by atoms with Gasteiger partial charge in [-0.25, -0.2) is 0 Å². The van der Waals surface area contributed by atoms with Crippen LogP contribution in [-0.4, -0.2) is 53.6 Å². The van der Waals surface area contributed by atoms with Crippen LogP contribution in [0, 0.1) is 5.41 Å². The molecule has 1 amide bonds. The van der Waals surface area contributed by atoms with Gasteiger partial charge in [-0.05, 0) is 38.8 Å². The Morgan fingerprint density at radius 3 is 2.52 bits per heavy atom. The van der Waals surface area contributed by atoms with Crippen LogP contribution >= 0.6 is 0 Å². The van der Waals surface area contributed by atoms with Crippen LogP contribution in [-0.2, 0) is 4.79 Å². The number of rotatable bonds is 6. The lowest BCUT2D eigenvalue weighted by Crippen LogP contribution is -2.50. The van der Waals surface area contributed by atoms with Gasteiger partial charge in [-0.1, -0.05) is 37.3 Å². The predicted molar refractivity (Wildman–Crippen MR) is 93.1 cm³/mol. The number of amides is 1. The molecule has 128 valence electrons. The van der Waals surface area contributed by atoms with E-state index in [1.807, 2.05) is 49.1 Å². The van der Waals surface area contributed by atoms with Crippen LogP contribution in [0.2, 0.25) is 0 Å². The highest BCUT2D eigenvalue weighted by Crippen LogP contribution is 2.34. The molecule has 4 heteroatoms. The van der Waals surface area contributed by atoms with Gasteiger partial charge in [0.2, 0.25) is 5.91 Å². The van der Waals surface area contributed by atoms with Crippen molar-refractivity contribution in [2.75, 3.05) is 32.8 Å². The van der Waals surface area contributed by atoms with Crippen LogP contribution in [0.1, 0.15) is 45.2 Å². The maximum atomic E-state index is 13.1. The van der Waals surface area contributed by atoms with Gasteiger partial charge in [-0.15, -0.1) is 0 Å². The monoisotopic (exact) mass is 318 g/mol. The Balaban J connectivity index is 2.32. The Morgan fingerprint density at radius 2 is 1.96 bits per heavy atom. The zero-order valence-corrected chi connectivity index (χ0v) is 14.7. The number of aliphatic hydroxyl groups excluding tert-OH is 1. The maximum Gasteiger partial charge on any atom is 0.244 e. The molecule has 4 nitrogen and oxygen atoms in total. The van der Waals surface area contributed by atoms with Gasteiger partial charge in [0, 0.05) is 31.7 Å². The standard InChI is InChI=1S/C19H30N2O2/c1-4-20(5-2)18(23)17(16-10-7-6-8-11-16)21-13-9-12-19(3,14-21)15-22/h6-8,10-11,17,22H,4-5,9,12-15H2,1-3H3. The summed E-state index contributed by atoms with van der Waals surface area (Å²) >= 11 is 0. The van der Waals surface area contributed by atoms with Gasteiger partial charge in [0.1, 0.15) is 6.04 Å². The molecular formula is C19H30N2O2. The molecular weight excluding hydrogens is 288 g/mol. The molecule has 1 fully saturated rings. The third kappa shape index (κ3) is 4.12. The summed E-state index contributed by atoms with van der Waals surface area (Å²) in [5.74, 6) is 0.170. The maximum absolute atomic E-state index is 13.1. The first-order chi connectivity index (χ1) is 11.0. The van der Waals surface area contributed by atoms with Gasteiger partial charge < -0.3 is 10.0 Å². The van der Waals surface area contributed by atoms with Crippen LogP contribution in [0.15, 0.2) is 30.3 Å². The molecule has 0 aromatic heterocycles. The Hall–Kier alpha value is -1.39. The van der Waals surface area contributed by atoms with Crippen LogP contribution in [0.3, 0.4) is 0 Å². The van der Waals surface area contributed by atoms with E-state index in [0.29, 0.717) is 0 Å². The Morgan fingerprint density at radius 1 is 1.30 bits per heavy atom. The van der Waals surface area contributed by atoms with Gasteiger partial charge in [0.15, 0.2) is 0 Å². The third-order valence-electron chi connectivity index (χ3n) is 4.98. The minimum absolute atomic E-state index is 0.116. The summed E-state index contributed by atoms with van der Waals surface area (Å²) in [6, 6.07) is 9.80. The second-order valence-electron chi connectivity index (χ2n) is 6.87. The van der Waals surface area contributed by atoms with E-state index in [4.69, 9.17) is 0 Å². The van der Waals surface area contributed by atoms with Crippen molar-refractivity contribution in [3.8, 4) is 0 Å². The molecule has 1 N–H and O–H groups in total. The molecule has 1 aliphatic rings. The highest BCUT2D eigenvalue weighted by molar-refractivity contribution is 5.83. The van der Waals surface area contributed by atoms with Crippen molar-refractivity contribution in [3.63, 3.8) is 0 Å². The van der Waals surface area contributed by atoms with Crippen molar-refractivity contribution < 1.29 is 9.90 Å². The first-order valence-electron chi connectivity index (χ1n) is 8.73. The lowest BCUT2D eigenvalue weighted by atomic mass is 9.81. The van der Waals surface area contributed by atoms with E-state index < -0.39 is 0 Å². The minimum atomic E-state index is -0.248. The Bertz CT molecular complexity index is 501.